The number of aromatic nitrogens is 3. The van der Waals surface area contributed by atoms with Gasteiger partial charge >= 0.3 is 0 Å². The number of thioether (sulfide) groups is 1. The second-order valence-electron chi connectivity index (χ2n) is 6.06. The molecule has 0 amide bonds. The largest absolute Gasteiger partial charge is 0.305 e. The number of benzene rings is 2. The van der Waals surface area contributed by atoms with Crippen molar-refractivity contribution in [2.45, 2.75) is 30.7 Å². The first-order chi connectivity index (χ1) is 11.5. The second kappa shape index (κ2) is 7.18. The van der Waals surface area contributed by atoms with Crippen molar-refractivity contribution in [2.24, 2.45) is 7.05 Å². The Kier molecular flexibility index (Phi) is 5.00. The van der Waals surface area contributed by atoms with Gasteiger partial charge in [-0.1, -0.05) is 62.0 Å². The fourth-order valence-corrected chi connectivity index (χ4v) is 3.30. The molecule has 3 nitrogen and oxygen atoms in total. The monoisotopic (exact) mass is 341 g/mol. The van der Waals surface area contributed by atoms with E-state index in [2.05, 4.69) is 48.3 Å². The van der Waals surface area contributed by atoms with Crippen LogP contribution in [0.4, 0.5) is 4.39 Å². The number of rotatable bonds is 5. The zero-order chi connectivity index (χ0) is 17.1. The number of hydrogen-bond acceptors (Lipinski definition) is 3. The molecule has 0 bridgehead atoms. The molecule has 0 atom stereocenters. The van der Waals surface area contributed by atoms with Crippen LogP contribution in [0.2, 0.25) is 0 Å². The Morgan fingerprint density at radius 1 is 1.00 bits per heavy atom. The molecule has 0 radical (unpaired) electrons. The molecule has 124 valence electrons. The lowest BCUT2D eigenvalue weighted by atomic mass is 10.0. The summed E-state index contributed by atoms with van der Waals surface area (Å²) in [5.74, 6) is 1.89. The van der Waals surface area contributed by atoms with Gasteiger partial charge in [-0.15, -0.1) is 10.2 Å². The molecule has 0 aliphatic rings. The van der Waals surface area contributed by atoms with Crippen LogP contribution >= 0.6 is 11.8 Å². The molecule has 24 heavy (non-hydrogen) atoms. The summed E-state index contributed by atoms with van der Waals surface area (Å²) in [6.45, 7) is 4.36. The Morgan fingerprint density at radius 3 is 2.29 bits per heavy atom. The minimum atomic E-state index is -0.213. The van der Waals surface area contributed by atoms with Crippen LogP contribution < -0.4 is 0 Å². The van der Waals surface area contributed by atoms with E-state index in [9.17, 15) is 4.39 Å². The van der Waals surface area contributed by atoms with Gasteiger partial charge in [-0.25, -0.2) is 4.39 Å². The summed E-state index contributed by atoms with van der Waals surface area (Å²) in [5.41, 5.74) is 3.43. The minimum Gasteiger partial charge on any atom is -0.305 e. The maximum atomic E-state index is 12.9. The van der Waals surface area contributed by atoms with Crippen LogP contribution in [0, 0.1) is 5.82 Å². The maximum absolute atomic E-state index is 12.9. The molecule has 5 heteroatoms. The molecule has 3 rings (SSSR count). The topological polar surface area (TPSA) is 30.7 Å². The molecule has 0 unspecified atom stereocenters. The lowest BCUT2D eigenvalue weighted by Crippen LogP contribution is -1.95. The van der Waals surface area contributed by atoms with Crippen molar-refractivity contribution in [3.05, 3.63) is 65.5 Å². The van der Waals surface area contributed by atoms with Crippen LogP contribution in [-0.2, 0) is 12.8 Å². The minimum absolute atomic E-state index is 0.213. The van der Waals surface area contributed by atoms with Gasteiger partial charge in [-0.2, -0.15) is 0 Å². The van der Waals surface area contributed by atoms with E-state index in [0.29, 0.717) is 5.92 Å². The molecule has 2 aromatic carbocycles. The normalized spacial score (nSPS) is 11.2. The molecule has 1 heterocycles. The van der Waals surface area contributed by atoms with Crippen molar-refractivity contribution in [3.63, 3.8) is 0 Å². The lowest BCUT2D eigenvalue weighted by molar-refractivity contribution is 0.627. The molecule has 1 aromatic heterocycles. The van der Waals surface area contributed by atoms with E-state index in [4.69, 9.17) is 0 Å². The van der Waals surface area contributed by atoms with Crippen LogP contribution in [-0.4, -0.2) is 14.8 Å². The predicted molar refractivity (Wildman–Crippen MR) is 96.5 cm³/mol. The fourth-order valence-electron chi connectivity index (χ4n) is 2.44. The fraction of sp³-hybridized carbons (Fsp3) is 0.263. The van der Waals surface area contributed by atoms with Gasteiger partial charge in [-0.3, -0.25) is 0 Å². The third kappa shape index (κ3) is 3.67. The average Bonchev–Trinajstić information content (AvgIpc) is 2.95. The van der Waals surface area contributed by atoms with E-state index >= 15 is 0 Å². The van der Waals surface area contributed by atoms with Crippen molar-refractivity contribution < 1.29 is 4.39 Å². The van der Waals surface area contributed by atoms with Crippen LogP contribution in [0.3, 0.4) is 0 Å². The summed E-state index contributed by atoms with van der Waals surface area (Å²) in [6.07, 6.45) is 0. The summed E-state index contributed by atoms with van der Waals surface area (Å²) < 4.78 is 14.9. The van der Waals surface area contributed by atoms with Gasteiger partial charge in [0.15, 0.2) is 11.0 Å². The van der Waals surface area contributed by atoms with Crippen molar-refractivity contribution in [2.75, 3.05) is 0 Å². The summed E-state index contributed by atoms with van der Waals surface area (Å²) in [5, 5.41) is 9.45. The third-order valence-corrected chi connectivity index (χ3v) is 5.04. The maximum Gasteiger partial charge on any atom is 0.191 e. The van der Waals surface area contributed by atoms with Gasteiger partial charge in [0.1, 0.15) is 5.82 Å². The van der Waals surface area contributed by atoms with E-state index in [1.54, 1.807) is 23.9 Å². The first-order valence-electron chi connectivity index (χ1n) is 7.91. The number of halogens is 1. The quantitative estimate of drug-likeness (QED) is 0.609. The molecule has 0 saturated heterocycles. The van der Waals surface area contributed by atoms with Gasteiger partial charge in [0.2, 0.25) is 0 Å². The summed E-state index contributed by atoms with van der Waals surface area (Å²) in [4.78, 5) is 0. The Morgan fingerprint density at radius 2 is 1.67 bits per heavy atom. The van der Waals surface area contributed by atoms with E-state index < -0.39 is 0 Å². The lowest BCUT2D eigenvalue weighted by Gasteiger charge is -2.07. The summed E-state index contributed by atoms with van der Waals surface area (Å²) >= 11 is 1.60. The summed E-state index contributed by atoms with van der Waals surface area (Å²) in [6, 6.07) is 15.0. The third-order valence-electron chi connectivity index (χ3n) is 3.95. The first-order valence-corrected chi connectivity index (χ1v) is 8.90. The van der Waals surface area contributed by atoms with Crippen molar-refractivity contribution in [1.29, 1.82) is 0 Å². The SMILES string of the molecule is CC(C)c1ccc(-c2nnc(SCc3ccc(F)cc3)n2C)cc1. The highest BCUT2D eigenvalue weighted by Gasteiger charge is 2.11. The molecule has 0 fully saturated rings. The molecule has 3 aromatic rings. The molecule has 0 saturated carbocycles. The van der Waals surface area contributed by atoms with Crippen molar-refractivity contribution in [1.82, 2.24) is 14.8 Å². The van der Waals surface area contributed by atoms with E-state index in [1.807, 2.05) is 11.6 Å². The van der Waals surface area contributed by atoms with E-state index in [-0.39, 0.29) is 5.82 Å². The molecule has 0 N–H and O–H groups in total. The van der Waals surface area contributed by atoms with Gasteiger partial charge in [0.05, 0.1) is 0 Å². The summed E-state index contributed by atoms with van der Waals surface area (Å²) in [7, 11) is 1.97. The highest BCUT2D eigenvalue weighted by molar-refractivity contribution is 7.98. The van der Waals surface area contributed by atoms with E-state index in [0.717, 1.165) is 27.9 Å². The van der Waals surface area contributed by atoms with Gasteiger partial charge in [-0.05, 0) is 29.2 Å². The molecule has 0 aliphatic carbocycles. The number of hydrogen-bond donors (Lipinski definition) is 0. The van der Waals surface area contributed by atoms with Gasteiger partial charge in [0.25, 0.3) is 0 Å². The zero-order valence-electron chi connectivity index (χ0n) is 14.0. The Bertz CT molecular complexity index is 808. The number of nitrogens with zero attached hydrogens (tertiary/aromatic N) is 3. The smallest absolute Gasteiger partial charge is 0.191 e. The Hall–Kier alpha value is -2.14. The van der Waals surface area contributed by atoms with E-state index in [1.165, 1.54) is 17.7 Å². The second-order valence-corrected chi connectivity index (χ2v) is 7.00. The Labute approximate surface area is 145 Å². The van der Waals surface area contributed by atoms with Gasteiger partial charge in [0, 0.05) is 18.4 Å². The van der Waals surface area contributed by atoms with Crippen LogP contribution in [0.25, 0.3) is 11.4 Å². The zero-order valence-corrected chi connectivity index (χ0v) is 14.8. The van der Waals surface area contributed by atoms with Gasteiger partial charge < -0.3 is 4.57 Å². The standard InChI is InChI=1S/C19H20FN3S/c1-13(2)15-6-8-16(9-7-15)18-21-22-19(23(18)3)24-12-14-4-10-17(20)11-5-14/h4-11,13H,12H2,1-3H3. The molecular weight excluding hydrogens is 321 g/mol. The average molecular weight is 341 g/mol. The first kappa shape index (κ1) is 16.7. The highest BCUT2D eigenvalue weighted by Crippen LogP contribution is 2.26. The highest BCUT2D eigenvalue weighted by atomic mass is 32.2. The molecular formula is C19H20FN3S. The Balaban J connectivity index is 1.74. The van der Waals surface area contributed by atoms with Crippen LogP contribution in [0.15, 0.2) is 53.7 Å². The van der Waals surface area contributed by atoms with Crippen molar-refractivity contribution in [3.8, 4) is 11.4 Å². The van der Waals surface area contributed by atoms with Crippen LogP contribution in [0.1, 0.15) is 30.9 Å². The van der Waals surface area contributed by atoms with Crippen LogP contribution in [0.5, 0.6) is 0 Å². The molecule has 0 aliphatic heterocycles. The van der Waals surface area contributed by atoms with Crippen molar-refractivity contribution >= 4 is 11.8 Å². The predicted octanol–water partition coefficient (Wildman–Crippen LogP) is 5.04. The molecule has 0 spiro atoms.